The number of nitrogens with zero attached hydrogens (tertiary/aromatic N) is 1. The van der Waals surface area contributed by atoms with Crippen molar-refractivity contribution in [1.29, 1.82) is 0 Å². The topological polar surface area (TPSA) is 14.2 Å². The Balaban J connectivity index is 2.21. The molecule has 3 heterocycles. The molecule has 1 aromatic carbocycles. The molecule has 0 saturated heterocycles. The summed E-state index contributed by atoms with van der Waals surface area (Å²) in [4.78, 5) is 0. The molecule has 0 amide bonds. The molecule has 4 rings (SSSR count). The molecule has 3 heteroatoms. The van der Waals surface area contributed by atoms with Gasteiger partial charge in [0.05, 0.1) is 5.52 Å². The Morgan fingerprint density at radius 1 is 1.31 bits per heavy atom. The van der Waals surface area contributed by atoms with Crippen LogP contribution < -0.4 is 0 Å². The molecule has 0 radical (unpaired) electrons. The lowest BCUT2D eigenvalue weighted by Gasteiger charge is -2.11. The third-order valence-electron chi connectivity index (χ3n) is 3.52. The van der Waals surface area contributed by atoms with Crippen molar-refractivity contribution in [3.63, 3.8) is 0 Å². The third kappa shape index (κ3) is 0.913. The van der Waals surface area contributed by atoms with Gasteiger partial charge in [-0.2, -0.15) is 0 Å². The van der Waals surface area contributed by atoms with Gasteiger partial charge in [-0.1, -0.05) is 28.1 Å². The highest BCUT2D eigenvalue weighted by molar-refractivity contribution is 9.10. The van der Waals surface area contributed by atoms with Crippen LogP contribution in [-0.2, 0) is 11.8 Å². The second-order valence-corrected chi connectivity index (χ2v) is 5.27. The van der Waals surface area contributed by atoms with Crippen molar-refractivity contribution in [2.45, 2.75) is 12.2 Å². The van der Waals surface area contributed by atoms with Crippen molar-refractivity contribution < 1.29 is 4.74 Å². The molecule has 0 fully saturated rings. The lowest BCUT2D eigenvalue weighted by atomic mass is 9.95. The van der Waals surface area contributed by atoms with E-state index in [-0.39, 0.29) is 12.2 Å². The Bertz CT molecular complexity index is 641. The Kier molecular flexibility index (Phi) is 1.57. The normalized spacial score (nSPS) is 25.6. The first kappa shape index (κ1) is 9.02. The number of aryl methyl sites for hydroxylation is 1. The smallest absolute Gasteiger partial charge is 0.104 e. The molecule has 80 valence electrons. The van der Waals surface area contributed by atoms with Gasteiger partial charge in [-0.15, -0.1) is 0 Å². The van der Waals surface area contributed by atoms with Crippen molar-refractivity contribution in [3.8, 4) is 0 Å². The van der Waals surface area contributed by atoms with Gasteiger partial charge in [0.15, 0.2) is 0 Å². The standard InChI is InChI=1S/C13H10BrNO/c1-15-5-4-7-9(14)6-8-10-2-3-11(16-10)12(8)13(7)15/h2-6,10-11H,1H3. The molecule has 2 unspecified atom stereocenters. The molecule has 0 saturated carbocycles. The summed E-state index contributed by atoms with van der Waals surface area (Å²) in [7, 11) is 2.09. The number of hydrogen-bond donors (Lipinski definition) is 0. The summed E-state index contributed by atoms with van der Waals surface area (Å²) < 4.78 is 9.22. The van der Waals surface area contributed by atoms with Crippen LogP contribution in [0.15, 0.2) is 35.0 Å². The zero-order chi connectivity index (χ0) is 10.9. The molecular weight excluding hydrogens is 266 g/mol. The minimum absolute atomic E-state index is 0.157. The molecule has 2 nitrogen and oxygen atoms in total. The van der Waals surface area contributed by atoms with Crippen LogP contribution in [-0.4, -0.2) is 4.57 Å². The van der Waals surface area contributed by atoms with Crippen LogP contribution in [0.2, 0.25) is 0 Å². The fourth-order valence-electron chi connectivity index (χ4n) is 2.81. The van der Waals surface area contributed by atoms with Crippen LogP contribution in [0.1, 0.15) is 23.3 Å². The van der Waals surface area contributed by atoms with Crippen molar-refractivity contribution in [1.82, 2.24) is 4.57 Å². The Labute approximate surface area is 102 Å². The molecule has 2 bridgehead atoms. The van der Waals surface area contributed by atoms with E-state index in [2.05, 4.69) is 58.0 Å². The second kappa shape index (κ2) is 2.79. The zero-order valence-corrected chi connectivity index (χ0v) is 10.4. The van der Waals surface area contributed by atoms with Gasteiger partial charge in [0.1, 0.15) is 12.2 Å². The first-order chi connectivity index (χ1) is 7.75. The van der Waals surface area contributed by atoms with E-state index in [1.807, 2.05) is 0 Å². The maximum absolute atomic E-state index is 5.88. The first-order valence-corrected chi connectivity index (χ1v) is 6.16. The van der Waals surface area contributed by atoms with E-state index in [0.29, 0.717) is 0 Å². The Morgan fingerprint density at radius 3 is 3.00 bits per heavy atom. The largest absolute Gasteiger partial charge is 0.357 e. The van der Waals surface area contributed by atoms with E-state index in [9.17, 15) is 0 Å². The summed E-state index contributed by atoms with van der Waals surface area (Å²) in [6.45, 7) is 0. The van der Waals surface area contributed by atoms with Crippen LogP contribution in [0.4, 0.5) is 0 Å². The number of benzene rings is 1. The van der Waals surface area contributed by atoms with Crippen molar-refractivity contribution in [2.75, 3.05) is 0 Å². The maximum atomic E-state index is 5.88. The van der Waals surface area contributed by atoms with Crippen molar-refractivity contribution >= 4 is 26.8 Å². The lowest BCUT2D eigenvalue weighted by molar-refractivity contribution is 0.0882. The van der Waals surface area contributed by atoms with Crippen LogP contribution in [0.25, 0.3) is 10.9 Å². The van der Waals surface area contributed by atoms with E-state index in [1.165, 1.54) is 22.0 Å². The monoisotopic (exact) mass is 275 g/mol. The summed E-state index contributed by atoms with van der Waals surface area (Å²) in [5, 5.41) is 1.27. The molecule has 16 heavy (non-hydrogen) atoms. The van der Waals surface area contributed by atoms with Gasteiger partial charge in [0, 0.05) is 28.7 Å². The summed E-state index contributed by atoms with van der Waals surface area (Å²) in [5.41, 5.74) is 3.95. The van der Waals surface area contributed by atoms with E-state index in [1.54, 1.807) is 0 Å². The molecule has 2 aromatic rings. The SMILES string of the molecule is Cn1ccc2c(Br)cc3c(c21)C1C=CC3O1. The molecule has 2 aliphatic heterocycles. The average Bonchev–Trinajstić information content (AvgIpc) is 2.92. The molecule has 2 atom stereocenters. The molecule has 0 N–H and O–H groups in total. The molecule has 0 spiro atoms. The van der Waals surface area contributed by atoms with Gasteiger partial charge in [0.25, 0.3) is 0 Å². The van der Waals surface area contributed by atoms with E-state index in [0.717, 1.165) is 4.47 Å². The number of rotatable bonds is 0. The summed E-state index contributed by atoms with van der Waals surface area (Å²) in [6.07, 6.45) is 6.73. The summed E-state index contributed by atoms with van der Waals surface area (Å²) in [6, 6.07) is 4.35. The highest BCUT2D eigenvalue weighted by Crippen LogP contribution is 2.50. The van der Waals surface area contributed by atoms with Gasteiger partial charge in [0.2, 0.25) is 0 Å². The van der Waals surface area contributed by atoms with Crippen molar-refractivity contribution in [3.05, 3.63) is 46.1 Å². The number of halogens is 1. The van der Waals surface area contributed by atoms with Crippen LogP contribution >= 0.6 is 15.9 Å². The molecule has 2 aliphatic rings. The molecule has 1 aromatic heterocycles. The van der Waals surface area contributed by atoms with E-state index in [4.69, 9.17) is 4.74 Å². The van der Waals surface area contributed by atoms with Crippen LogP contribution in [0.5, 0.6) is 0 Å². The highest BCUT2D eigenvalue weighted by atomic mass is 79.9. The van der Waals surface area contributed by atoms with Crippen LogP contribution in [0, 0.1) is 0 Å². The molecular formula is C13H10BrNO. The number of fused-ring (bicyclic) bond motifs is 7. The number of ether oxygens (including phenoxy) is 1. The predicted octanol–water partition coefficient (Wildman–Crippen LogP) is 3.62. The van der Waals surface area contributed by atoms with Crippen LogP contribution in [0.3, 0.4) is 0 Å². The average molecular weight is 276 g/mol. The lowest BCUT2D eigenvalue weighted by Crippen LogP contribution is -1.98. The van der Waals surface area contributed by atoms with Gasteiger partial charge >= 0.3 is 0 Å². The predicted molar refractivity (Wildman–Crippen MR) is 66.3 cm³/mol. The first-order valence-electron chi connectivity index (χ1n) is 5.37. The number of hydrogen-bond acceptors (Lipinski definition) is 1. The van der Waals surface area contributed by atoms with Crippen molar-refractivity contribution in [2.24, 2.45) is 7.05 Å². The minimum Gasteiger partial charge on any atom is -0.357 e. The third-order valence-corrected chi connectivity index (χ3v) is 4.18. The fourth-order valence-corrected chi connectivity index (χ4v) is 3.38. The van der Waals surface area contributed by atoms with E-state index < -0.39 is 0 Å². The zero-order valence-electron chi connectivity index (χ0n) is 8.77. The number of aromatic nitrogens is 1. The molecule has 0 aliphatic carbocycles. The Morgan fingerprint density at radius 2 is 2.12 bits per heavy atom. The maximum Gasteiger partial charge on any atom is 0.104 e. The van der Waals surface area contributed by atoms with Gasteiger partial charge in [-0.25, -0.2) is 0 Å². The fraction of sp³-hybridized carbons (Fsp3) is 0.231. The van der Waals surface area contributed by atoms with Gasteiger partial charge in [-0.05, 0) is 17.7 Å². The quantitative estimate of drug-likeness (QED) is 0.670. The second-order valence-electron chi connectivity index (χ2n) is 4.41. The van der Waals surface area contributed by atoms with Gasteiger partial charge in [-0.3, -0.25) is 0 Å². The summed E-state index contributed by atoms with van der Waals surface area (Å²) in [5.74, 6) is 0. The van der Waals surface area contributed by atoms with Gasteiger partial charge < -0.3 is 9.30 Å². The van der Waals surface area contributed by atoms with E-state index >= 15 is 0 Å². The Hall–Kier alpha value is -1.06. The summed E-state index contributed by atoms with van der Waals surface area (Å²) >= 11 is 3.64. The minimum atomic E-state index is 0.157. The highest BCUT2D eigenvalue weighted by Gasteiger charge is 2.36.